The highest BCUT2D eigenvalue weighted by molar-refractivity contribution is 5.85. The van der Waals surface area contributed by atoms with Crippen LogP contribution in [0.5, 0.6) is 11.5 Å². The Hall–Kier alpha value is -2.26. The molecule has 126 valence electrons. The van der Waals surface area contributed by atoms with E-state index >= 15 is 0 Å². The molecule has 1 aliphatic carbocycles. The molecular weight excluding hydrogens is 300 g/mol. The molecule has 0 fully saturated rings. The number of benzene rings is 2. The highest BCUT2D eigenvalue weighted by Crippen LogP contribution is 2.54. The van der Waals surface area contributed by atoms with Crippen molar-refractivity contribution in [2.24, 2.45) is 0 Å². The molecule has 0 saturated heterocycles. The molecule has 0 aromatic heterocycles. The minimum atomic E-state index is -0.677. The second-order valence-electron chi connectivity index (χ2n) is 6.73. The van der Waals surface area contributed by atoms with Crippen LogP contribution in [0, 0.1) is 0 Å². The van der Waals surface area contributed by atoms with Crippen LogP contribution in [0.2, 0.25) is 0 Å². The minimum Gasteiger partial charge on any atom is -0.497 e. The van der Waals surface area contributed by atoms with Crippen LogP contribution in [-0.4, -0.2) is 19.3 Å². The lowest BCUT2D eigenvalue weighted by atomic mass is 9.81. The molecular formula is C21H24O3. The van der Waals surface area contributed by atoms with Crippen LogP contribution in [0.4, 0.5) is 0 Å². The summed E-state index contributed by atoms with van der Waals surface area (Å²) in [5.41, 5.74) is 4.88. The lowest BCUT2D eigenvalue weighted by Gasteiger charge is -2.24. The third-order valence-corrected chi connectivity index (χ3v) is 5.18. The number of aliphatic hydroxyl groups is 1. The molecule has 0 bridgehead atoms. The Morgan fingerprint density at radius 3 is 2.25 bits per heavy atom. The predicted octanol–water partition coefficient (Wildman–Crippen LogP) is 4.50. The van der Waals surface area contributed by atoms with E-state index in [1.165, 1.54) is 0 Å². The van der Waals surface area contributed by atoms with Gasteiger partial charge < -0.3 is 14.6 Å². The monoisotopic (exact) mass is 324 g/mol. The number of hydrogen-bond donors (Lipinski definition) is 1. The first-order valence-electron chi connectivity index (χ1n) is 8.13. The number of rotatable bonds is 4. The predicted molar refractivity (Wildman–Crippen MR) is 96.6 cm³/mol. The summed E-state index contributed by atoms with van der Waals surface area (Å²) in [5, 5.41) is 11.1. The highest BCUT2D eigenvalue weighted by Gasteiger charge is 2.40. The van der Waals surface area contributed by atoms with Crippen molar-refractivity contribution in [3.05, 3.63) is 64.7 Å². The van der Waals surface area contributed by atoms with Crippen LogP contribution >= 0.6 is 0 Å². The van der Waals surface area contributed by atoms with E-state index in [0.29, 0.717) is 0 Å². The van der Waals surface area contributed by atoms with E-state index in [-0.39, 0.29) is 5.41 Å². The minimum absolute atomic E-state index is 0.210. The smallest absolute Gasteiger partial charge is 0.127 e. The molecule has 1 unspecified atom stereocenters. The molecule has 1 aliphatic rings. The topological polar surface area (TPSA) is 38.7 Å². The fourth-order valence-corrected chi connectivity index (χ4v) is 3.61. The van der Waals surface area contributed by atoms with Gasteiger partial charge in [-0.3, -0.25) is 0 Å². The van der Waals surface area contributed by atoms with Gasteiger partial charge in [-0.25, -0.2) is 0 Å². The zero-order valence-corrected chi connectivity index (χ0v) is 14.9. The molecule has 1 atom stereocenters. The molecule has 3 nitrogen and oxygen atoms in total. The summed E-state index contributed by atoms with van der Waals surface area (Å²) in [5.74, 6) is 1.53. The zero-order chi connectivity index (χ0) is 17.5. The van der Waals surface area contributed by atoms with Crippen molar-refractivity contribution in [2.45, 2.75) is 32.3 Å². The molecule has 3 rings (SSSR count). The van der Waals surface area contributed by atoms with Crippen LogP contribution in [-0.2, 0) is 5.41 Å². The van der Waals surface area contributed by atoms with Gasteiger partial charge in [0.25, 0.3) is 0 Å². The van der Waals surface area contributed by atoms with E-state index in [9.17, 15) is 5.11 Å². The number of allylic oxidation sites excluding steroid dienone is 1. The number of hydrogen-bond acceptors (Lipinski definition) is 3. The van der Waals surface area contributed by atoms with Gasteiger partial charge in [0.15, 0.2) is 0 Å². The molecule has 0 saturated carbocycles. The highest BCUT2D eigenvalue weighted by atomic mass is 16.5. The van der Waals surface area contributed by atoms with E-state index in [1.54, 1.807) is 14.2 Å². The lowest BCUT2D eigenvalue weighted by Crippen LogP contribution is -2.17. The third kappa shape index (κ3) is 2.40. The van der Waals surface area contributed by atoms with Gasteiger partial charge in [-0.2, -0.15) is 0 Å². The van der Waals surface area contributed by atoms with Crippen molar-refractivity contribution < 1.29 is 14.6 Å². The summed E-state index contributed by atoms with van der Waals surface area (Å²) in [6, 6.07) is 13.7. The molecule has 0 radical (unpaired) electrons. The first kappa shape index (κ1) is 16.6. The van der Waals surface area contributed by atoms with Crippen LogP contribution in [0.1, 0.15) is 43.6 Å². The summed E-state index contributed by atoms with van der Waals surface area (Å²) in [4.78, 5) is 0. The Balaban J connectivity index is 2.24. The first-order chi connectivity index (χ1) is 11.4. The summed E-state index contributed by atoms with van der Waals surface area (Å²) >= 11 is 0. The molecule has 0 heterocycles. The second kappa shape index (κ2) is 5.99. The number of ether oxygens (including phenoxy) is 2. The van der Waals surface area contributed by atoms with Gasteiger partial charge in [-0.15, -0.1) is 0 Å². The van der Waals surface area contributed by atoms with Crippen molar-refractivity contribution in [1.82, 2.24) is 0 Å². The maximum atomic E-state index is 11.1. The van der Waals surface area contributed by atoms with Gasteiger partial charge in [-0.05, 0) is 29.7 Å². The Kier molecular flexibility index (Phi) is 4.14. The number of fused-ring (bicyclic) bond motifs is 1. The van der Waals surface area contributed by atoms with Gasteiger partial charge >= 0.3 is 0 Å². The summed E-state index contributed by atoms with van der Waals surface area (Å²) in [7, 11) is 3.32. The van der Waals surface area contributed by atoms with Crippen LogP contribution in [0.25, 0.3) is 5.57 Å². The largest absolute Gasteiger partial charge is 0.497 e. The normalized spacial score (nSPS) is 16.8. The Morgan fingerprint density at radius 1 is 1.00 bits per heavy atom. The average molecular weight is 324 g/mol. The van der Waals surface area contributed by atoms with E-state index in [1.807, 2.05) is 42.5 Å². The van der Waals surface area contributed by atoms with E-state index in [4.69, 9.17) is 9.47 Å². The van der Waals surface area contributed by atoms with Crippen molar-refractivity contribution in [3.63, 3.8) is 0 Å². The third-order valence-electron chi connectivity index (χ3n) is 5.18. The zero-order valence-electron chi connectivity index (χ0n) is 14.9. The molecule has 2 aromatic rings. The molecule has 2 aromatic carbocycles. The molecule has 0 amide bonds. The molecule has 0 spiro atoms. The van der Waals surface area contributed by atoms with Crippen LogP contribution < -0.4 is 9.47 Å². The van der Waals surface area contributed by atoms with Gasteiger partial charge in [0.05, 0.1) is 14.2 Å². The quantitative estimate of drug-likeness (QED) is 0.900. The maximum absolute atomic E-state index is 11.1. The maximum Gasteiger partial charge on any atom is 0.127 e. The number of aliphatic hydroxyl groups excluding tert-OH is 1. The van der Waals surface area contributed by atoms with Crippen molar-refractivity contribution >= 4 is 5.57 Å². The van der Waals surface area contributed by atoms with Crippen molar-refractivity contribution in [3.8, 4) is 11.5 Å². The van der Waals surface area contributed by atoms with Gasteiger partial charge in [0, 0.05) is 17.0 Å². The lowest BCUT2D eigenvalue weighted by molar-refractivity contribution is 0.237. The summed E-state index contributed by atoms with van der Waals surface area (Å²) in [6.45, 7) is 6.43. The summed E-state index contributed by atoms with van der Waals surface area (Å²) in [6.07, 6.45) is -0.677. The fraction of sp³-hybridized carbons (Fsp3) is 0.333. The van der Waals surface area contributed by atoms with Gasteiger partial charge in [0.1, 0.15) is 17.6 Å². The second-order valence-corrected chi connectivity index (χ2v) is 6.73. The van der Waals surface area contributed by atoms with Crippen LogP contribution in [0.3, 0.4) is 0 Å². The summed E-state index contributed by atoms with van der Waals surface area (Å²) < 4.78 is 11.1. The molecule has 1 N–H and O–H groups in total. The standard InChI is InChI=1S/C21H24O3/c1-13-18(20(22)14-9-7-6-8-10-14)16-11-15(23-4)12-17(24-5)19(16)21(13,2)3/h6-12,20,22H,1-5H3. The SMILES string of the molecule is COc1cc(OC)c2c(c1)C(C(O)c1ccccc1)=C(C)C2(C)C. The first-order valence-corrected chi connectivity index (χ1v) is 8.13. The molecule has 0 aliphatic heterocycles. The fourth-order valence-electron chi connectivity index (χ4n) is 3.61. The van der Waals surface area contributed by atoms with E-state index in [2.05, 4.69) is 20.8 Å². The van der Waals surface area contributed by atoms with Crippen LogP contribution in [0.15, 0.2) is 48.0 Å². The molecule has 3 heteroatoms. The number of methoxy groups -OCH3 is 2. The Morgan fingerprint density at radius 2 is 1.67 bits per heavy atom. The van der Waals surface area contributed by atoms with E-state index < -0.39 is 6.10 Å². The van der Waals surface area contributed by atoms with Gasteiger partial charge in [0.2, 0.25) is 0 Å². The van der Waals surface area contributed by atoms with Crippen molar-refractivity contribution in [1.29, 1.82) is 0 Å². The molecule has 24 heavy (non-hydrogen) atoms. The van der Waals surface area contributed by atoms with E-state index in [0.717, 1.165) is 39.3 Å². The van der Waals surface area contributed by atoms with Crippen molar-refractivity contribution in [2.75, 3.05) is 14.2 Å². The Bertz CT molecular complexity index is 788. The average Bonchev–Trinajstić information content (AvgIpc) is 2.80. The Labute approximate surface area is 143 Å². The van der Waals surface area contributed by atoms with Gasteiger partial charge in [-0.1, -0.05) is 49.8 Å².